The summed E-state index contributed by atoms with van der Waals surface area (Å²) in [6.07, 6.45) is 7.27. The number of benzene rings is 1. The van der Waals surface area contributed by atoms with Crippen LogP contribution in [0, 0.1) is 17.2 Å². The fourth-order valence-corrected chi connectivity index (χ4v) is 4.11. The number of nitrogens with one attached hydrogen (secondary N) is 2. The Hall–Kier alpha value is -1.57. The molecular weight excluding hydrogens is 310 g/mol. The van der Waals surface area contributed by atoms with Crippen LogP contribution in [0.4, 0.5) is 5.69 Å². The highest BCUT2D eigenvalue weighted by atomic mass is 35.5. The summed E-state index contributed by atoms with van der Waals surface area (Å²) in [6.45, 7) is 0.503. The molecule has 1 amide bonds. The lowest BCUT2D eigenvalue weighted by molar-refractivity contribution is -0.122. The van der Waals surface area contributed by atoms with Crippen LogP contribution in [0.25, 0.3) is 0 Å². The van der Waals surface area contributed by atoms with Gasteiger partial charge in [-0.2, -0.15) is 5.26 Å². The number of nitriles is 1. The summed E-state index contributed by atoms with van der Waals surface area (Å²) in [5, 5.41) is 15.8. The minimum absolute atomic E-state index is 0.0155. The molecule has 122 valence electrons. The van der Waals surface area contributed by atoms with E-state index in [1.165, 1.54) is 32.1 Å². The van der Waals surface area contributed by atoms with Crippen molar-refractivity contribution in [2.75, 3.05) is 11.9 Å². The molecule has 1 aromatic carbocycles. The van der Waals surface area contributed by atoms with Gasteiger partial charge in [-0.15, -0.1) is 0 Å². The smallest absolute Gasteiger partial charge is 0.249 e. The van der Waals surface area contributed by atoms with E-state index in [0.717, 1.165) is 17.7 Å². The number of halogens is 1. The zero-order chi connectivity index (χ0) is 16.3. The third-order valence-electron chi connectivity index (χ3n) is 5.06. The van der Waals surface area contributed by atoms with Crippen LogP contribution >= 0.6 is 11.6 Å². The number of rotatable bonds is 5. The van der Waals surface area contributed by atoms with E-state index < -0.39 is 5.54 Å². The van der Waals surface area contributed by atoms with Crippen molar-refractivity contribution in [1.82, 2.24) is 5.32 Å². The van der Waals surface area contributed by atoms with E-state index in [-0.39, 0.29) is 5.91 Å². The molecule has 1 atom stereocenters. The number of anilines is 1. The van der Waals surface area contributed by atoms with Gasteiger partial charge in [0.2, 0.25) is 5.91 Å². The molecule has 1 aromatic rings. The van der Waals surface area contributed by atoms with Crippen LogP contribution in [0.15, 0.2) is 18.2 Å². The van der Waals surface area contributed by atoms with E-state index in [1.54, 1.807) is 6.07 Å². The molecule has 1 aliphatic carbocycles. The lowest BCUT2D eigenvalue weighted by atomic mass is 9.76. The number of hydrogen-bond donors (Lipinski definition) is 2. The molecule has 0 spiro atoms. The first kappa shape index (κ1) is 16.3. The van der Waals surface area contributed by atoms with Gasteiger partial charge in [0.05, 0.1) is 6.07 Å². The second-order valence-electron chi connectivity index (χ2n) is 6.59. The summed E-state index contributed by atoms with van der Waals surface area (Å²) in [5.41, 5.74) is 1.01. The molecule has 0 saturated heterocycles. The highest BCUT2D eigenvalue weighted by molar-refractivity contribution is 6.31. The molecule has 5 heteroatoms. The Morgan fingerprint density at radius 3 is 2.87 bits per heavy atom. The highest BCUT2D eigenvalue weighted by Gasteiger charge is 2.47. The highest BCUT2D eigenvalue weighted by Crippen LogP contribution is 2.44. The van der Waals surface area contributed by atoms with E-state index >= 15 is 0 Å². The van der Waals surface area contributed by atoms with Crippen LogP contribution in [0.1, 0.15) is 50.5 Å². The van der Waals surface area contributed by atoms with Crippen molar-refractivity contribution in [3.8, 4) is 6.07 Å². The molecular formula is C18H22ClN3O. The predicted octanol–water partition coefficient (Wildman–Crippen LogP) is 3.96. The van der Waals surface area contributed by atoms with Gasteiger partial charge in [-0.05, 0) is 30.5 Å². The van der Waals surface area contributed by atoms with Crippen molar-refractivity contribution in [2.45, 2.75) is 50.5 Å². The Morgan fingerprint density at radius 2 is 2.13 bits per heavy atom. The Morgan fingerprint density at radius 1 is 1.35 bits per heavy atom. The molecule has 0 bridgehead atoms. The molecule has 3 rings (SSSR count). The van der Waals surface area contributed by atoms with Gasteiger partial charge in [-0.1, -0.05) is 43.7 Å². The number of nitrogens with zero attached hydrogens (tertiary/aromatic N) is 1. The lowest BCUT2D eigenvalue weighted by Gasteiger charge is -2.34. The van der Waals surface area contributed by atoms with Crippen LogP contribution in [0.3, 0.4) is 0 Å². The molecule has 1 fully saturated rings. The zero-order valence-corrected chi connectivity index (χ0v) is 14.0. The third-order valence-corrected chi connectivity index (χ3v) is 5.30. The molecule has 0 aromatic heterocycles. The Kier molecular flexibility index (Phi) is 4.89. The van der Waals surface area contributed by atoms with Crippen molar-refractivity contribution in [3.05, 3.63) is 28.8 Å². The largest absolute Gasteiger partial charge is 0.324 e. The van der Waals surface area contributed by atoms with Gasteiger partial charge < -0.3 is 5.32 Å². The number of carbonyl (C=O) groups is 1. The molecule has 1 unspecified atom stereocenters. The average Bonchev–Trinajstić information content (AvgIpc) is 2.81. The minimum Gasteiger partial charge on any atom is -0.324 e. The van der Waals surface area contributed by atoms with Gasteiger partial charge >= 0.3 is 0 Å². The van der Waals surface area contributed by atoms with E-state index in [2.05, 4.69) is 16.7 Å². The van der Waals surface area contributed by atoms with E-state index in [4.69, 9.17) is 16.9 Å². The third kappa shape index (κ3) is 3.22. The summed E-state index contributed by atoms with van der Waals surface area (Å²) in [5.74, 6) is 0.521. The van der Waals surface area contributed by atoms with Gasteiger partial charge in [0.1, 0.15) is 5.54 Å². The van der Waals surface area contributed by atoms with Crippen molar-refractivity contribution < 1.29 is 4.79 Å². The van der Waals surface area contributed by atoms with Crippen LogP contribution in [0.5, 0.6) is 0 Å². The number of hydrogen-bond acceptors (Lipinski definition) is 3. The second-order valence-corrected chi connectivity index (χ2v) is 7.03. The molecule has 23 heavy (non-hydrogen) atoms. The molecule has 4 nitrogen and oxygen atoms in total. The van der Waals surface area contributed by atoms with Crippen LogP contribution in [-0.4, -0.2) is 12.5 Å². The first-order valence-electron chi connectivity index (χ1n) is 8.39. The fraction of sp³-hybridized carbons (Fsp3) is 0.556. The van der Waals surface area contributed by atoms with Crippen molar-refractivity contribution >= 4 is 23.2 Å². The summed E-state index contributed by atoms with van der Waals surface area (Å²) < 4.78 is 0. The van der Waals surface area contributed by atoms with E-state index in [1.807, 2.05) is 12.1 Å². The topological polar surface area (TPSA) is 64.9 Å². The van der Waals surface area contributed by atoms with Crippen LogP contribution < -0.4 is 10.6 Å². The van der Waals surface area contributed by atoms with Crippen molar-refractivity contribution in [2.24, 2.45) is 5.92 Å². The van der Waals surface area contributed by atoms with Gasteiger partial charge in [0.25, 0.3) is 0 Å². The van der Waals surface area contributed by atoms with Crippen molar-refractivity contribution in [1.29, 1.82) is 5.26 Å². The van der Waals surface area contributed by atoms with Gasteiger partial charge in [0, 0.05) is 29.2 Å². The molecule has 0 radical (unpaired) electrons. The molecule has 2 N–H and O–H groups in total. The van der Waals surface area contributed by atoms with Crippen LogP contribution in [-0.2, 0) is 10.3 Å². The van der Waals surface area contributed by atoms with E-state index in [0.29, 0.717) is 23.9 Å². The summed E-state index contributed by atoms with van der Waals surface area (Å²) in [7, 11) is 0. The zero-order valence-electron chi connectivity index (χ0n) is 13.2. The lowest BCUT2D eigenvalue weighted by Crippen LogP contribution is -2.49. The quantitative estimate of drug-likeness (QED) is 0.802. The second kappa shape index (κ2) is 6.90. The normalized spacial score (nSPS) is 24.1. The Labute approximate surface area is 142 Å². The van der Waals surface area contributed by atoms with Crippen LogP contribution in [0.2, 0.25) is 5.02 Å². The standard InChI is InChI=1S/C18H22ClN3O/c19-14-7-8-16-15(11-14)18(17(23)22-16,21-10-4-9-20)12-13-5-2-1-3-6-13/h7-8,11,13,21H,1-6,10,12H2,(H,22,23). The minimum atomic E-state index is -0.751. The number of carbonyl (C=O) groups excluding carboxylic acids is 1. The first-order valence-corrected chi connectivity index (χ1v) is 8.77. The van der Waals surface area contributed by atoms with E-state index in [9.17, 15) is 4.79 Å². The maximum Gasteiger partial charge on any atom is 0.249 e. The monoisotopic (exact) mass is 331 g/mol. The van der Waals surface area contributed by atoms with Gasteiger partial charge in [0.15, 0.2) is 0 Å². The van der Waals surface area contributed by atoms with Gasteiger partial charge in [-0.3, -0.25) is 10.1 Å². The molecule has 1 saturated carbocycles. The predicted molar refractivity (Wildman–Crippen MR) is 91.2 cm³/mol. The number of amides is 1. The molecule has 1 aliphatic heterocycles. The molecule has 1 heterocycles. The maximum absolute atomic E-state index is 12.8. The maximum atomic E-state index is 12.8. The Bertz CT molecular complexity index is 634. The molecule has 2 aliphatic rings. The summed E-state index contributed by atoms with van der Waals surface area (Å²) in [6, 6.07) is 7.69. The first-order chi connectivity index (χ1) is 11.2. The summed E-state index contributed by atoms with van der Waals surface area (Å²) >= 11 is 6.18. The average molecular weight is 332 g/mol. The Balaban J connectivity index is 1.93. The fourth-order valence-electron chi connectivity index (χ4n) is 3.94. The SMILES string of the molecule is N#CCCNC1(CC2CCCCC2)C(=O)Nc2ccc(Cl)cc21. The summed E-state index contributed by atoms with van der Waals surface area (Å²) in [4.78, 5) is 12.8. The van der Waals surface area contributed by atoms with Crippen molar-refractivity contribution in [3.63, 3.8) is 0 Å². The van der Waals surface area contributed by atoms with Gasteiger partial charge in [-0.25, -0.2) is 0 Å². The number of fused-ring (bicyclic) bond motifs is 1.